The molecular formula is C26H31N5O2. The normalized spacial score (nSPS) is 13.3. The van der Waals surface area contributed by atoms with Gasteiger partial charge in [0.05, 0.1) is 22.5 Å². The predicted octanol–water partition coefficient (Wildman–Crippen LogP) is 3.69. The summed E-state index contributed by atoms with van der Waals surface area (Å²) in [5.41, 5.74) is 4.72. The molecule has 0 amide bonds. The Hall–Kier alpha value is -3.58. The minimum absolute atomic E-state index is 0.0557. The van der Waals surface area contributed by atoms with Crippen molar-refractivity contribution >= 4 is 0 Å². The molecule has 7 nitrogen and oxygen atoms in total. The molecule has 0 bridgehead atoms. The topological polar surface area (TPSA) is 65.9 Å². The first kappa shape index (κ1) is 22.6. The summed E-state index contributed by atoms with van der Waals surface area (Å²) in [6.45, 7) is 7.86. The van der Waals surface area contributed by atoms with Crippen molar-refractivity contribution in [1.29, 1.82) is 0 Å². The second-order valence-electron chi connectivity index (χ2n) is 8.56. The highest BCUT2D eigenvalue weighted by atomic mass is 16.1. The summed E-state index contributed by atoms with van der Waals surface area (Å²) in [5.74, 6) is 0. The van der Waals surface area contributed by atoms with Crippen molar-refractivity contribution in [2.24, 2.45) is 14.1 Å². The molecule has 2 atom stereocenters. The Morgan fingerprint density at radius 1 is 0.636 bits per heavy atom. The maximum Gasteiger partial charge on any atom is 0.276 e. The van der Waals surface area contributed by atoms with Crippen LogP contribution in [0.5, 0.6) is 0 Å². The standard InChI is InChI=1S/C26H31N5O2/c1-17(23-19(3)28(5)30(25(23)32)21-13-9-7-10-14-21)27-18(2)24-20(4)29(6)31(26(24)33)22-15-11-8-12-16-22/h7-18,27H,1-6H3. The number of benzene rings is 2. The van der Waals surface area contributed by atoms with Gasteiger partial charge in [0.25, 0.3) is 11.1 Å². The molecule has 0 saturated carbocycles. The number of nitrogens with zero attached hydrogens (tertiary/aromatic N) is 4. The molecule has 0 aliphatic heterocycles. The van der Waals surface area contributed by atoms with Crippen molar-refractivity contribution in [3.05, 3.63) is 104 Å². The molecule has 0 radical (unpaired) electrons. The van der Waals surface area contributed by atoms with Crippen molar-refractivity contribution in [1.82, 2.24) is 24.0 Å². The van der Waals surface area contributed by atoms with Crippen molar-refractivity contribution in [3.8, 4) is 11.4 Å². The zero-order valence-electron chi connectivity index (χ0n) is 20.0. The third-order valence-electron chi connectivity index (χ3n) is 6.56. The Bertz CT molecular complexity index is 1280. The molecule has 33 heavy (non-hydrogen) atoms. The van der Waals surface area contributed by atoms with Gasteiger partial charge in [-0.3, -0.25) is 19.0 Å². The fraction of sp³-hybridized carbons (Fsp3) is 0.308. The lowest BCUT2D eigenvalue weighted by Gasteiger charge is -2.19. The van der Waals surface area contributed by atoms with E-state index in [1.165, 1.54) is 0 Å². The van der Waals surface area contributed by atoms with Crippen LogP contribution in [0.2, 0.25) is 0 Å². The van der Waals surface area contributed by atoms with Crippen LogP contribution in [0, 0.1) is 13.8 Å². The Balaban J connectivity index is 1.70. The zero-order chi connectivity index (χ0) is 23.9. The lowest BCUT2D eigenvalue weighted by molar-refractivity contribution is 0.487. The highest BCUT2D eigenvalue weighted by Gasteiger charge is 2.26. The maximum absolute atomic E-state index is 13.4. The fourth-order valence-electron chi connectivity index (χ4n) is 4.72. The van der Waals surface area contributed by atoms with E-state index in [0.29, 0.717) is 11.1 Å². The summed E-state index contributed by atoms with van der Waals surface area (Å²) in [6.07, 6.45) is 0. The van der Waals surface area contributed by atoms with Crippen LogP contribution in [-0.4, -0.2) is 18.7 Å². The molecule has 1 N–H and O–H groups in total. The van der Waals surface area contributed by atoms with Gasteiger partial charge in [-0.1, -0.05) is 36.4 Å². The molecule has 4 aromatic rings. The summed E-state index contributed by atoms with van der Waals surface area (Å²) in [4.78, 5) is 26.8. The molecule has 0 saturated heterocycles. The van der Waals surface area contributed by atoms with Gasteiger partial charge in [-0.15, -0.1) is 0 Å². The van der Waals surface area contributed by atoms with Crippen molar-refractivity contribution in [3.63, 3.8) is 0 Å². The molecule has 2 aromatic heterocycles. The quantitative estimate of drug-likeness (QED) is 0.492. The van der Waals surface area contributed by atoms with Crippen LogP contribution < -0.4 is 16.4 Å². The van der Waals surface area contributed by atoms with Gasteiger partial charge in [0.15, 0.2) is 0 Å². The van der Waals surface area contributed by atoms with Crippen molar-refractivity contribution in [2.45, 2.75) is 39.8 Å². The molecule has 2 aromatic carbocycles. The smallest absolute Gasteiger partial charge is 0.276 e. The van der Waals surface area contributed by atoms with Gasteiger partial charge in [0.1, 0.15) is 0 Å². The third-order valence-corrected chi connectivity index (χ3v) is 6.56. The molecule has 2 unspecified atom stereocenters. The minimum atomic E-state index is -0.243. The van der Waals surface area contributed by atoms with Crippen LogP contribution in [0.1, 0.15) is 48.4 Å². The third kappa shape index (κ3) is 3.78. The first-order valence-electron chi connectivity index (χ1n) is 11.2. The largest absolute Gasteiger partial charge is 0.303 e. The molecular weight excluding hydrogens is 414 g/mol. The number of nitrogens with one attached hydrogen (secondary N) is 1. The monoisotopic (exact) mass is 445 g/mol. The lowest BCUT2D eigenvalue weighted by atomic mass is 10.1. The van der Waals surface area contributed by atoms with E-state index in [0.717, 1.165) is 22.8 Å². The molecule has 4 rings (SSSR count). The van der Waals surface area contributed by atoms with Crippen LogP contribution in [0.4, 0.5) is 0 Å². The summed E-state index contributed by atoms with van der Waals surface area (Å²) < 4.78 is 7.13. The Morgan fingerprint density at radius 2 is 0.970 bits per heavy atom. The molecule has 0 aliphatic rings. The zero-order valence-corrected chi connectivity index (χ0v) is 20.0. The molecule has 172 valence electrons. The van der Waals surface area contributed by atoms with Gasteiger partial charge < -0.3 is 5.32 Å². The van der Waals surface area contributed by atoms with Crippen LogP contribution in [0.15, 0.2) is 70.3 Å². The average molecular weight is 446 g/mol. The molecule has 2 heterocycles. The molecule has 0 spiro atoms. The fourth-order valence-corrected chi connectivity index (χ4v) is 4.72. The lowest BCUT2D eigenvalue weighted by Crippen LogP contribution is -2.31. The number of para-hydroxylation sites is 2. The summed E-state index contributed by atoms with van der Waals surface area (Å²) >= 11 is 0. The number of hydrogen-bond acceptors (Lipinski definition) is 3. The van der Waals surface area contributed by atoms with Gasteiger partial charge in [-0.25, -0.2) is 9.36 Å². The highest BCUT2D eigenvalue weighted by molar-refractivity contribution is 5.36. The summed E-state index contributed by atoms with van der Waals surface area (Å²) in [7, 11) is 3.78. The SMILES string of the molecule is Cc1c(C(C)NC(C)c2c(C)n(C)n(-c3ccccc3)c2=O)c(=O)n(-c2ccccc2)n1C. The van der Waals surface area contributed by atoms with Gasteiger partial charge in [0, 0.05) is 37.6 Å². The minimum Gasteiger partial charge on any atom is -0.303 e. The summed E-state index contributed by atoms with van der Waals surface area (Å²) in [6, 6.07) is 18.7. The van der Waals surface area contributed by atoms with E-state index >= 15 is 0 Å². The van der Waals surface area contributed by atoms with Crippen LogP contribution in [0.25, 0.3) is 11.4 Å². The Morgan fingerprint density at radius 3 is 1.30 bits per heavy atom. The average Bonchev–Trinajstić information content (AvgIpc) is 3.16. The van der Waals surface area contributed by atoms with Crippen molar-refractivity contribution in [2.75, 3.05) is 0 Å². The molecule has 0 fully saturated rings. The summed E-state index contributed by atoms with van der Waals surface area (Å²) in [5, 5.41) is 3.51. The number of aromatic nitrogens is 4. The highest BCUT2D eigenvalue weighted by Crippen LogP contribution is 2.22. The van der Waals surface area contributed by atoms with Gasteiger partial charge >= 0.3 is 0 Å². The molecule has 0 aliphatic carbocycles. The van der Waals surface area contributed by atoms with E-state index < -0.39 is 0 Å². The van der Waals surface area contributed by atoms with E-state index in [-0.39, 0.29) is 23.2 Å². The van der Waals surface area contributed by atoms with Gasteiger partial charge in [0.2, 0.25) is 0 Å². The Kier molecular flexibility index (Phi) is 5.99. The van der Waals surface area contributed by atoms with E-state index in [1.54, 1.807) is 9.36 Å². The number of rotatable bonds is 6. The van der Waals surface area contributed by atoms with Crippen LogP contribution in [-0.2, 0) is 14.1 Å². The van der Waals surface area contributed by atoms with E-state index in [4.69, 9.17) is 0 Å². The molecule has 7 heteroatoms. The first-order valence-corrected chi connectivity index (χ1v) is 11.2. The maximum atomic E-state index is 13.4. The van der Waals surface area contributed by atoms with Crippen LogP contribution >= 0.6 is 0 Å². The van der Waals surface area contributed by atoms with Gasteiger partial charge in [-0.2, -0.15) is 0 Å². The Labute approximate surface area is 193 Å². The second-order valence-corrected chi connectivity index (χ2v) is 8.56. The predicted molar refractivity (Wildman–Crippen MR) is 131 cm³/mol. The van der Waals surface area contributed by atoms with E-state index in [9.17, 15) is 9.59 Å². The second kappa shape index (κ2) is 8.75. The van der Waals surface area contributed by atoms with Crippen LogP contribution in [0.3, 0.4) is 0 Å². The van der Waals surface area contributed by atoms with Gasteiger partial charge in [-0.05, 0) is 52.0 Å². The van der Waals surface area contributed by atoms with E-state index in [1.807, 2.05) is 112 Å². The van der Waals surface area contributed by atoms with Crippen molar-refractivity contribution < 1.29 is 0 Å². The van der Waals surface area contributed by atoms with E-state index in [2.05, 4.69) is 5.32 Å². The number of hydrogen-bond donors (Lipinski definition) is 1. The first-order chi connectivity index (χ1) is 15.7.